The molecule has 158 valence electrons. The van der Waals surface area contributed by atoms with Crippen LogP contribution in [0.5, 0.6) is 5.75 Å². The molecule has 0 saturated heterocycles. The van der Waals surface area contributed by atoms with E-state index in [-0.39, 0.29) is 5.91 Å². The van der Waals surface area contributed by atoms with Crippen LogP contribution in [-0.2, 0) is 0 Å². The van der Waals surface area contributed by atoms with Crippen molar-refractivity contribution >= 4 is 49.4 Å². The van der Waals surface area contributed by atoms with Crippen molar-refractivity contribution in [2.24, 2.45) is 0 Å². The summed E-state index contributed by atoms with van der Waals surface area (Å²) >= 11 is 3.60. The predicted molar refractivity (Wildman–Crippen MR) is 130 cm³/mol. The molecule has 5 rings (SSSR count). The van der Waals surface area contributed by atoms with Crippen LogP contribution in [0.4, 0.5) is 5.69 Å². The van der Waals surface area contributed by atoms with Crippen molar-refractivity contribution in [2.45, 2.75) is 6.92 Å². The van der Waals surface area contributed by atoms with Gasteiger partial charge in [-0.25, -0.2) is 4.98 Å². The van der Waals surface area contributed by atoms with Gasteiger partial charge < -0.3 is 14.5 Å². The number of hydrogen-bond acceptors (Lipinski definition) is 4. The second-order valence-electron chi connectivity index (χ2n) is 7.25. The third-order valence-corrected chi connectivity index (χ3v) is 5.86. The summed E-state index contributed by atoms with van der Waals surface area (Å²) in [6.45, 7) is 2.51. The molecule has 0 fully saturated rings. The molecule has 1 heterocycles. The van der Waals surface area contributed by atoms with E-state index in [1.165, 1.54) is 0 Å². The number of oxazole rings is 1. The number of ether oxygens (including phenoxy) is 1. The van der Waals surface area contributed by atoms with Gasteiger partial charge >= 0.3 is 0 Å². The lowest BCUT2D eigenvalue weighted by atomic mass is 10.0. The predicted octanol–water partition coefficient (Wildman–Crippen LogP) is 7.06. The van der Waals surface area contributed by atoms with Gasteiger partial charge in [-0.15, -0.1) is 0 Å². The normalized spacial score (nSPS) is 11.1. The van der Waals surface area contributed by atoms with Gasteiger partial charge in [0.05, 0.1) is 6.61 Å². The maximum absolute atomic E-state index is 12.6. The Hall–Kier alpha value is -3.64. The highest BCUT2D eigenvalue weighted by atomic mass is 79.9. The summed E-state index contributed by atoms with van der Waals surface area (Å²) in [5.41, 5.74) is 3.45. The molecule has 0 radical (unpaired) electrons. The van der Waals surface area contributed by atoms with Gasteiger partial charge in [0.25, 0.3) is 5.91 Å². The van der Waals surface area contributed by atoms with Crippen molar-refractivity contribution in [3.63, 3.8) is 0 Å². The van der Waals surface area contributed by atoms with Crippen LogP contribution in [0.2, 0.25) is 0 Å². The fourth-order valence-electron chi connectivity index (χ4n) is 3.65. The van der Waals surface area contributed by atoms with Gasteiger partial charge in [0.15, 0.2) is 5.58 Å². The van der Waals surface area contributed by atoms with E-state index >= 15 is 0 Å². The van der Waals surface area contributed by atoms with Crippen LogP contribution >= 0.6 is 15.9 Å². The number of nitrogens with zero attached hydrogens (tertiary/aromatic N) is 1. The lowest BCUT2D eigenvalue weighted by Crippen LogP contribution is -2.11. The second-order valence-corrected chi connectivity index (χ2v) is 8.11. The van der Waals surface area contributed by atoms with Crippen LogP contribution in [0.3, 0.4) is 0 Å². The van der Waals surface area contributed by atoms with Crippen LogP contribution in [0.25, 0.3) is 33.3 Å². The SMILES string of the molecule is CCOc1ccc(C(=O)Nc2ccc3oc(-c4cccc5c(Br)cccc45)nc3c2)cc1. The molecule has 32 heavy (non-hydrogen) atoms. The molecule has 6 heteroatoms. The maximum atomic E-state index is 12.6. The fraction of sp³-hybridized carbons (Fsp3) is 0.0769. The Kier molecular flexibility index (Phi) is 5.37. The molecule has 1 N–H and O–H groups in total. The summed E-state index contributed by atoms with van der Waals surface area (Å²) in [4.78, 5) is 17.3. The Labute approximate surface area is 193 Å². The molecule has 0 saturated carbocycles. The Morgan fingerprint density at radius 2 is 1.78 bits per heavy atom. The molecule has 0 aliphatic carbocycles. The lowest BCUT2D eigenvalue weighted by Gasteiger charge is -2.06. The minimum atomic E-state index is -0.199. The quantitative estimate of drug-likeness (QED) is 0.288. The Morgan fingerprint density at radius 3 is 2.59 bits per heavy atom. The number of carbonyl (C=O) groups is 1. The lowest BCUT2D eigenvalue weighted by molar-refractivity contribution is 0.102. The molecule has 0 unspecified atom stereocenters. The molecular formula is C26H19BrN2O3. The first-order valence-corrected chi connectivity index (χ1v) is 11.0. The van der Waals surface area contributed by atoms with E-state index in [4.69, 9.17) is 9.15 Å². The highest BCUT2D eigenvalue weighted by Gasteiger charge is 2.14. The molecule has 0 bridgehead atoms. The van der Waals surface area contributed by atoms with E-state index in [0.29, 0.717) is 34.8 Å². The Bertz CT molecular complexity index is 1440. The first-order chi connectivity index (χ1) is 15.6. The largest absolute Gasteiger partial charge is 0.494 e. The third-order valence-electron chi connectivity index (χ3n) is 5.17. The van der Waals surface area contributed by atoms with Crippen molar-refractivity contribution in [1.29, 1.82) is 0 Å². The average molecular weight is 487 g/mol. The summed E-state index contributed by atoms with van der Waals surface area (Å²) in [5, 5.41) is 5.07. The molecule has 0 aliphatic heterocycles. The first kappa shape index (κ1) is 20.3. The number of rotatable bonds is 5. The van der Waals surface area contributed by atoms with Gasteiger partial charge in [-0.1, -0.05) is 40.2 Å². The van der Waals surface area contributed by atoms with Crippen molar-refractivity contribution in [3.05, 3.63) is 88.9 Å². The molecule has 0 spiro atoms. The van der Waals surface area contributed by atoms with E-state index in [1.807, 2.05) is 55.5 Å². The Balaban J connectivity index is 1.43. The van der Waals surface area contributed by atoms with E-state index in [1.54, 1.807) is 24.3 Å². The summed E-state index contributed by atoms with van der Waals surface area (Å²) in [6.07, 6.45) is 0. The van der Waals surface area contributed by atoms with Gasteiger partial charge in [-0.05, 0) is 72.3 Å². The van der Waals surface area contributed by atoms with Crippen molar-refractivity contribution < 1.29 is 13.9 Å². The van der Waals surface area contributed by atoms with Crippen LogP contribution in [0, 0.1) is 0 Å². The van der Waals surface area contributed by atoms with Crippen molar-refractivity contribution in [3.8, 4) is 17.2 Å². The van der Waals surface area contributed by atoms with Gasteiger partial charge in [-0.3, -0.25) is 4.79 Å². The fourth-order valence-corrected chi connectivity index (χ4v) is 4.15. The van der Waals surface area contributed by atoms with Gasteiger partial charge in [0.2, 0.25) is 5.89 Å². The minimum absolute atomic E-state index is 0.199. The zero-order valence-corrected chi connectivity index (χ0v) is 18.8. The number of amides is 1. The highest BCUT2D eigenvalue weighted by Crippen LogP contribution is 2.34. The van der Waals surface area contributed by atoms with Gasteiger partial charge in [0, 0.05) is 21.3 Å². The van der Waals surface area contributed by atoms with Crippen LogP contribution in [0.15, 0.2) is 87.8 Å². The van der Waals surface area contributed by atoms with Gasteiger partial charge in [-0.2, -0.15) is 0 Å². The third kappa shape index (κ3) is 3.85. The number of carbonyl (C=O) groups excluding carboxylic acids is 1. The number of hydrogen-bond donors (Lipinski definition) is 1. The smallest absolute Gasteiger partial charge is 0.255 e. The summed E-state index contributed by atoms with van der Waals surface area (Å²) in [5.74, 6) is 1.08. The molecule has 4 aromatic carbocycles. The summed E-state index contributed by atoms with van der Waals surface area (Å²) in [7, 11) is 0. The standard InChI is InChI=1S/C26H19BrN2O3/c1-2-31-18-12-9-16(10-13-18)25(30)28-17-11-14-24-23(15-17)29-26(32-24)21-7-3-6-20-19(21)5-4-8-22(20)27/h3-15H,2H2,1H3,(H,28,30). The molecule has 0 atom stereocenters. The van der Waals surface area contributed by atoms with E-state index < -0.39 is 0 Å². The first-order valence-electron chi connectivity index (χ1n) is 10.2. The number of aromatic nitrogens is 1. The summed E-state index contributed by atoms with van der Waals surface area (Å²) < 4.78 is 12.5. The molecule has 1 aromatic heterocycles. The summed E-state index contributed by atoms with van der Waals surface area (Å²) in [6, 6.07) is 24.6. The Morgan fingerprint density at radius 1 is 1.00 bits per heavy atom. The van der Waals surface area contributed by atoms with Crippen LogP contribution in [0.1, 0.15) is 17.3 Å². The second kappa shape index (κ2) is 8.48. The zero-order valence-electron chi connectivity index (χ0n) is 17.3. The number of benzene rings is 4. The molecule has 0 aliphatic rings. The molecule has 5 nitrogen and oxygen atoms in total. The monoisotopic (exact) mass is 486 g/mol. The van der Waals surface area contributed by atoms with E-state index in [9.17, 15) is 4.79 Å². The minimum Gasteiger partial charge on any atom is -0.494 e. The zero-order chi connectivity index (χ0) is 22.1. The van der Waals surface area contributed by atoms with Crippen molar-refractivity contribution in [1.82, 2.24) is 4.98 Å². The maximum Gasteiger partial charge on any atom is 0.255 e. The van der Waals surface area contributed by atoms with Crippen LogP contribution < -0.4 is 10.1 Å². The van der Waals surface area contributed by atoms with Crippen molar-refractivity contribution in [2.75, 3.05) is 11.9 Å². The molecule has 5 aromatic rings. The van der Waals surface area contributed by atoms with E-state index in [0.717, 1.165) is 26.6 Å². The van der Waals surface area contributed by atoms with Gasteiger partial charge in [0.1, 0.15) is 11.3 Å². The number of nitrogens with one attached hydrogen (secondary N) is 1. The molecular weight excluding hydrogens is 468 g/mol. The number of halogens is 1. The average Bonchev–Trinajstić information content (AvgIpc) is 3.23. The van der Waals surface area contributed by atoms with Crippen LogP contribution in [-0.4, -0.2) is 17.5 Å². The number of anilines is 1. The topological polar surface area (TPSA) is 64.4 Å². The van der Waals surface area contributed by atoms with E-state index in [2.05, 4.69) is 32.3 Å². The highest BCUT2D eigenvalue weighted by molar-refractivity contribution is 9.10. The molecule has 1 amide bonds. The number of fused-ring (bicyclic) bond motifs is 2.